The van der Waals surface area contributed by atoms with Crippen LogP contribution in [0.2, 0.25) is 0 Å². The molecule has 20 heavy (non-hydrogen) atoms. The van der Waals surface area contributed by atoms with Crippen molar-refractivity contribution in [2.24, 2.45) is 0 Å². The maximum Gasteiger partial charge on any atom is 0.305 e. The number of benzene rings is 1. The molecule has 0 aromatic heterocycles. The highest BCUT2D eigenvalue weighted by Crippen LogP contribution is 2.17. The molecule has 1 atom stereocenters. The number of nitrogens with one attached hydrogen (secondary N) is 1. The van der Waals surface area contributed by atoms with E-state index in [0.717, 1.165) is 4.90 Å². The van der Waals surface area contributed by atoms with Crippen molar-refractivity contribution >= 4 is 23.6 Å². The van der Waals surface area contributed by atoms with E-state index in [1.54, 1.807) is 6.92 Å². The number of aliphatic carboxylic acids is 1. The minimum absolute atomic E-state index is 0.154. The molecular formula is C14H19NO4S. The Hall–Kier alpha value is -1.53. The average molecular weight is 297 g/mol. The monoisotopic (exact) mass is 297 g/mol. The number of ether oxygens (including phenoxy) is 1. The number of methoxy groups -OCH3 is 1. The van der Waals surface area contributed by atoms with Gasteiger partial charge in [-0.1, -0.05) is 18.2 Å². The van der Waals surface area contributed by atoms with E-state index in [1.165, 1.54) is 18.9 Å². The van der Waals surface area contributed by atoms with Crippen molar-refractivity contribution in [2.45, 2.75) is 23.8 Å². The summed E-state index contributed by atoms with van der Waals surface area (Å²) in [6.07, 6.45) is -0.178. The Kier molecular flexibility index (Phi) is 6.54. The Morgan fingerprint density at radius 1 is 1.35 bits per heavy atom. The molecule has 0 aliphatic heterocycles. The number of thioether (sulfide) groups is 1. The van der Waals surface area contributed by atoms with E-state index < -0.39 is 11.5 Å². The van der Waals surface area contributed by atoms with Crippen LogP contribution in [-0.4, -0.2) is 42.0 Å². The molecule has 0 heterocycles. The Bertz CT molecular complexity index is 452. The maximum atomic E-state index is 11.9. The van der Waals surface area contributed by atoms with E-state index in [2.05, 4.69) is 5.32 Å². The van der Waals surface area contributed by atoms with Crippen molar-refractivity contribution in [1.82, 2.24) is 5.32 Å². The van der Waals surface area contributed by atoms with Crippen LogP contribution in [0.15, 0.2) is 35.2 Å². The fourth-order valence-electron chi connectivity index (χ4n) is 1.82. The summed E-state index contributed by atoms with van der Waals surface area (Å²) in [7, 11) is 1.48. The molecule has 0 fully saturated rings. The molecule has 1 unspecified atom stereocenters. The highest BCUT2D eigenvalue weighted by Gasteiger charge is 2.29. The Morgan fingerprint density at radius 2 is 2.00 bits per heavy atom. The van der Waals surface area contributed by atoms with Gasteiger partial charge in [0.2, 0.25) is 5.91 Å². The Labute approximate surface area is 122 Å². The number of carbonyl (C=O) groups is 2. The van der Waals surface area contributed by atoms with Crippen molar-refractivity contribution in [3.05, 3.63) is 30.3 Å². The molecule has 0 saturated carbocycles. The van der Waals surface area contributed by atoms with Gasteiger partial charge in [0, 0.05) is 12.0 Å². The first-order valence-electron chi connectivity index (χ1n) is 6.15. The van der Waals surface area contributed by atoms with Gasteiger partial charge in [0.05, 0.1) is 24.3 Å². The molecule has 2 N–H and O–H groups in total. The summed E-state index contributed by atoms with van der Waals surface area (Å²) in [5.41, 5.74) is -0.894. The number of hydrogen-bond acceptors (Lipinski definition) is 4. The van der Waals surface area contributed by atoms with Crippen LogP contribution in [0, 0.1) is 0 Å². The van der Waals surface area contributed by atoms with E-state index in [-0.39, 0.29) is 24.7 Å². The molecule has 0 radical (unpaired) electrons. The summed E-state index contributed by atoms with van der Waals surface area (Å²) in [6.45, 7) is 1.82. The Balaban J connectivity index is 2.51. The van der Waals surface area contributed by atoms with Gasteiger partial charge >= 0.3 is 5.97 Å². The highest BCUT2D eigenvalue weighted by atomic mass is 32.2. The molecule has 1 aromatic rings. The summed E-state index contributed by atoms with van der Waals surface area (Å²) in [5.74, 6) is -0.941. The zero-order chi connectivity index (χ0) is 15.0. The van der Waals surface area contributed by atoms with Crippen molar-refractivity contribution in [2.75, 3.05) is 19.5 Å². The summed E-state index contributed by atoms with van der Waals surface area (Å²) >= 11 is 1.41. The molecular weight excluding hydrogens is 278 g/mol. The fourth-order valence-corrected chi connectivity index (χ4v) is 2.54. The summed E-state index contributed by atoms with van der Waals surface area (Å²) in [5, 5.41) is 11.6. The zero-order valence-corrected chi connectivity index (χ0v) is 12.4. The highest BCUT2D eigenvalue weighted by molar-refractivity contribution is 8.00. The van der Waals surface area contributed by atoms with Gasteiger partial charge in [-0.2, -0.15) is 0 Å². The van der Waals surface area contributed by atoms with E-state index >= 15 is 0 Å². The standard InChI is InChI=1S/C14H19NO4S/c1-14(10-19-2,8-13(17)18)15-12(16)9-20-11-6-4-3-5-7-11/h3-7H,8-10H2,1-2H3,(H,15,16)(H,17,18). The van der Waals surface area contributed by atoms with Crippen molar-refractivity contribution in [3.63, 3.8) is 0 Å². The van der Waals surface area contributed by atoms with Gasteiger partial charge in [-0.25, -0.2) is 0 Å². The van der Waals surface area contributed by atoms with Crippen molar-refractivity contribution in [3.8, 4) is 0 Å². The second kappa shape index (κ2) is 7.91. The van der Waals surface area contributed by atoms with Crippen LogP contribution in [0.25, 0.3) is 0 Å². The van der Waals surface area contributed by atoms with Crippen LogP contribution in [0.1, 0.15) is 13.3 Å². The number of amides is 1. The number of rotatable bonds is 8. The van der Waals surface area contributed by atoms with Gasteiger partial charge in [-0.05, 0) is 19.1 Å². The quantitative estimate of drug-likeness (QED) is 0.715. The molecule has 0 spiro atoms. The zero-order valence-electron chi connectivity index (χ0n) is 11.6. The number of carbonyl (C=O) groups excluding carboxylic acids is 1. The van der Waals surface area contributed by atoms with Crippen LogP contribution < -0.4 is 5.32 Å². The van der Waals surface area contributed by atoms with Crippen LogP contribution in [-0.2, 0) is 14.3 Å². The third kappa shape index (κ3) is 6.08. The van der Waals surface area contributed by atoms with E-state index in [9.17, 15) is 9.59 Å². The van der Waals surface area contributed by atoms with Gasteiger partial charge in [0.15, 0.2) is 0 Å². The van der Waals surface area contributed by atoms with Gasteiger partial charge in [-0.3, -0.25) is 9.59 Å². The first-order chi connectivity index (χ1) is 9.45. The van der Waals surface area contributed by atoms with Gasteiger partial charge in [0.1, 0.15) is 0 Å². The van der Waals surface area contributed by atoms with Gasteiger partial charge in [-0.15, -0.1) is 11.8 Å². The SMILES string of the molecule is COCC(C)(CC(=O)O)NC(=O)CSc1ccccc1. The van der Waals surface area contributed by atoms with Crippen LogP contribution >= 0.6 is 11.8 Å². The number of hydrogen-bond donors (Lipinski definition) is 2. The topological polar surface area (TPSA) is 75.6 Å². The molecule has 1 rings (SSSR count). The molecule has 0 aliphatic carbocycles. The minimum Gasteiger partial charge on any atom is -0.481 e. The lowest BCUT2D eigenvalue weighted by atomic mass is 9.99. The molecule has 6 heteroatoms. The molecule has 110 valence electrons. The van der Waals surface area contributed by atoms with Crippen molar-refractivity contribution < 1.29 is 19.4 Å². The minimum atomic E-state index is -0.972. The average Bonchev–Trinajstić information content (AvgIpc) is 2.36. The van der Waals surface area contributed by atoms with Crippen LogP contribution in [0.3, 0.4) is 0 Å². The van der Waals surface area contributed by atoms with Gasteiger partial charge < -0.3 is 15.2 Å². The summed E-state index contributed by atoms with van der Waals surface area (Å²) in [6, 6.07) is 9.55. The summed E-state index contributed by atoms with van der Waals surface area (Å²) < 4.78 is 4.99. The fraction of sp³-hybridized carbons (Fsp3) is 0.429. The molecule has 0 bridgehead atoms. The second-order valence-electron chi connectivity index (χ2n) is 4.71. The lowest BCUT2D eigenvalue weighted by Gasteiger charge is -2.28. The maximum absolute atomic E-state index is 11.9. The van der Waals surface area contributed by atoms with Gasteiger partial charge in [0.25, 0.3) is 0 Å². The third-order valence-electron chi connectivity index (χ3n) is 2.56. The normalized spacial score (nSPS) is 13.5. The molecule has 0 saturated heterocycles. The number of carboxylic acids is 1. The predicted molar refractivity (Wildman–Crippen MR) is 77.8 cm³/mol. The van der Waals surface area contributed by atoms with E-state index in [4.69, 9.17) is 9.84 Å². The molecule has 1 amide bonds. The molecule has 1 aromatic carbocycles. The van der Waals surface area contributed by atoms with Crippen LogP contribution in [0.5, 0.6) is 0 Å². The van der Waals surface area contributed by atoms with Crippen molar-refractivity contribution in [1.29, 1.82) is 0 Å². The van der Waals surface area contributed by atoms with E-state index in [1.807, 2.05) is 30.3 Å². The smallest absolute Gasteiger partial charge is 0.305 e. The molecule has 5 nitrogen and oxygen atoms in total. The summed E-state index contributed by atoms with van der Waals surface area (Å²) in [4.78, 5) is 23.7. The van der Waals surface area contributed by atoms with E-state index in [0.29, 0.717) is 0 Å². The number of carboxylic acid groups (broad SMARTS) is 1. The van der Waals surface area contributed by atoms with Crippen LogP contribution in [0.4, 0.5) is 0 Å². The predicted octanol–water partition coefficient (Wildman–Crippen LogP) is 1.77. The Morgan fingerprint density at radius 3 is 2.55 bits per heavy atom. The lowest BCUT2D eigenvalue weighted by Crippen LogP contribution is -2.51. The lowest BCUT2D eigenvalue weighted by molar-refractivity contribution is -0.139. The third-order valence-corrected chi connectivity index (χ3v) is 3.57. The molecule has 0 aliphatic rings. The second-order valence-corrected chi connectivity index (χ2v) is 5.76. The first-order valence-corrected chi connectivity index (χ1v) is 7.13. The first kappa shape index (κ1) is 16.5. The largest absolute Gasteiger partial charge is 0.481 e.